The van der Waals surface area contributed by atoms with Gasteiger partial charge in [0.15, 0.2) is 0 Å². The fourth-order valence-corrected chi connectivity index (χ4v) is 1.41. The first kappa shape index (κ1) is 13.8. The number of piperidine rings is 1. The third-order valence-electron chi connectivity index (χ3n) is 2.30. The molecule has 3 N–H and O–H groups in total. The number of hydrogen-bond donors (Lipinski definition) is 3. The van der Waals surface area contributed by atoms with Crippen molar-refractivity contribution in [3.05, 3.63) is 0 Å². The Morgan fingerprint density at radius 1 is 1.47 bits per heavy atom. The van der Waals surface area contributed by atoms with Crippen molar-refractivity contribution >= 4 is 11.8 Å². The lowest BCUT2D eigenvalue weighted by atomic mass is 10.1. The van der Waals surface area contributed by atoms with Crippen molar-refractivity contribution in [3.8, 4) is 0 Å². The third-order valence-corrected chi connectivity index (χ3v) is 2.30. The molecular formula is C9H14F3N3O2. The van der Waals surface area contributed by atoms with E-state index in [0.717, 1.165) is 0 Å². The molecular weight excluding hydrogens is 239 g/mol. The van der Waals surface area contributed by atoms with Gasteiger partial charge in [0, 0.05) is 19.0 Å². The molecule has 0 aromatic heterocycles. The van der Waals surface area contributed by atoms with Crippen molar-refractivity contribution in [3.63, 3.8) is 0 Å². The predicted molar refractivity (Wildman–Crippen MR) is 53.1 cm³/mol. The molecule has 1 atom stereocenters. The van der Waals surface area contributed by atoms with Gasteiger partial charge in [-0.05, 0) is 6.42 Å². The van der Waals surface area contributed by atoms with Gasteiger partial charge in [0.1, 0.15) is 6.54 Å². The van der Waals surface area contributed by atoms with Crippen LogP contribution in [0.2, 0.25) is 0 Å². The van der Waals surface area contributed by atoms with Crippen LogP contribution in [-0.4, -0.2) is 43.7 Å². The molecule has 98 valence electrons. The first-order valence-electron chi connectivity index (χ1n) is 5.20. The Morgan fingerprint density at radius 3 is 2.71 bits per heavy atom. The number of hydrogen-bond acceptors (Lipinski definition) is 3. The zero-order valence-electron chi connectivity index (χ0n) is 9.06. The molecule has 5 nitrogen and oxygen atoms in total. The number of carbonyl (C=O) groups excluding carboxylic acids is 2. The Balaban J connectivity index is 2.13. The molecule has 8 heteroatoms. The smallest absolute Gasteiger partial charge is 0.355 e. The maximum Gasteiger partial charge on any atom is 0.405 e. The van der Waals surface area contributed by atoms with Gasteiger partial charge in [-0.25, -0.2) is 0 Å². The van der Waals surface area contributed by atoms with Gasteiger partial charge in [0.25, 0.3) is 0 Å². The Labute approximate surface area is 96.1 Å². The van der Waals surface area contributed by atoms with E-state index in [-0.39, 0.29) is 18.5 Å². The fraction of sp³-hybridized carbons (Fsp3) is 0.778. The Kier molecular flexibility index (Phi) is 4.73. The Morgan fingerprint density at radius 2 is 2.18 bits per heavy atom. The van der Waals surface area contributed by atoms with Crippen LogP contribution in [0.3, 0.4) is 0 Å². The second kappa shape index (κ2) is 5.85. The van der Waals surface area contributed by atoms with E-state index >= 15 is 0 Å². The molecule has 0 aromatic rings. The summed E-state index contributed by atoms with van der Waals surface area (Å²) in [5.74, 6) is -0.760. The molecule has 1 aliphatic rings. The quantitative estimate of drug-likeness (QED) is 0.634. The van der Waals surface area contributed by atoms with Crippen LogP contribution in [0.5, 0.6) is 0 Å². The standard InChI is InChI=1S/C9H14F3N3O2/c10-9(11,12)5-15-8(17)4-13-6-1-2-7(16)14-3-6/h6,13H,1-5H2,(H,14,16)(H,15,17). The molecule has 1 rings (SSSR count). The van der Waals surface area contributed by atoms with Crippen LogP contribution in [0.4, 0.5) is 13.2 Å². The summed E-state index contributed by atoms with van der Waals surface area (Å²) in [5.41, 5.74) is 0. The van der Waals surface area contributed by atoms with E-state index in [4.69, 9.17) is 0 Å². The van der Waals surface area contributed by atoms with Gasteiger partial charge in [-0.15, -0.1) is 0 Å². The molecule has 0 radical (unpaired) electrons. The van der Waals surface area contributed by atoms with Gasteiger partial charge >= 0.3 is 6.18 Å². The molecule has 0 spiro atoms. The summed E-state index contributed by atoms with van der Waals surface area (Å²) in [6.07, 6.45) is -3.45. The molecule has 1 heterocycles. The highest BCUT2D eigenvalue weighted by molar-refractivity contribution is 5.78. The topological polar surface area (TPSA) is 70.2 Å². The molecule has 0 aromatic carbocycles. The average Bonchev–Trinajstić information content (AvgIpc) is 2.25. The third kappa shape index (κ3) is 6.10. The molecule has 0 bridgehead atoms. The monoisotopic (exact) mass is 253 g/mol. The average molecular weight is 253 g/mol. The Bertz CT molecular complexity index is 284. The number of amides is 2. The number of carbonyl (C=O) groups is 2. The van der Waals surface area contributed by atoms with Crippen molar-refractivity contribution in [1.29, 1.82) is 0 Å². The first-order valence-corrected chi connectivity index (χ1v) is 5.20. The van der Waals surface area contributed by atoms with Gasteiger partial charge in [-0.3, -0.25) is 9.59 Å². The van der Waals surface area contributed by atoms with Crippen LogP contribution in [0.25, 0.3) is 0 Å². The number of alkyl halides is 3. The number of nitrogens with one attached hydrogen (secondary N) is 3. The summed E-state index contributed by atoms with van der Waals surface area (Å²) in [6.45, 7) is -1.11. The van der Waals surface area contributed by atoms with E-state index < -0.39 is 18.6 Å². The van der Waals surface area contributed by atoms with Crippen LogP contribution >= 0.6 is 0 Å². The van der Waals surface area contributed by atoms with Crippen LogP contribution in [0.1, 0.15) is 12.8 Å². The molecule has 0 aliphatic carbocycles. The molecule has 1 fully saturated rings. The minimum Gasteiger partial charge on any atom is -0.355 e. The van der Waals surface area contributed by atoms with Gasteiger partial charge in [-0.2, -0.15) is 13.2 Å². The first-order chi connectivity index (χ1) is 7.87. The number of halogens is 3. The van der Waals surface area contributed by atoms with Crippen molar-refractivity contribution in [2.45, 2.75) is 25.1 Å². The maximum atomic E-state index is 11.8. The second-order valence-electron chi connectivity index (χ2n) is 3.81. The van der Waals surface area contributed by atoms with Crippen molar-refractivity contribution < 1.29 is 22.8 Å². The normalized spacial score (nSPS) is 20.9. The molecule has 1 unspecified atom stereocenters. The van der Waals surface area contributed by atoms with Gasteiger partial charge < -0.3 is 16.0 Å². The summed E-state index contributed by atoms with van der Waals surface area (Å²) in [7, 11) is 0. The molecule has 1 saturated heterocycles. The summed E-state index contributed by atoms with van der Waals surface area (Å²) in [4.78, 5) is 21.9. The summed E-state index contributed by atoms with van der Waals surface area (Å²) in [5, 5.41) is 7.14. The van der Waals surface area contributed by atoms with E-state index in [0.29, 0.717) is 19.4 Å². The van der Waals surface area contributed by atoms with E-state index in [2.05, 4.69) is 10.6 Å². The van der Waals surface area contributed by atoms with Crippen LogP contribution in [0, 0.1) is 0 Å². The van der Waals surface area contributed by atoms with E-state index in [1.807, 2.05) is 0 Å². The maximum absolute atomic E-state index is 11.8. The van der Waals surface area contributed by atoms with E-state index in [9.17, 15) is 22.8 Å². The largest absolute Gasteiger partial charge is 0.405 e. The van der Waals surface area contributed by atoms with Gasteiger partial charge in [0.05, 0.1) is 6.54 Å². The zero-order valence-corrected chi connectivity index (χ0v) is 9.06. The minimum absolute atomic E-state index is 0.0513. The summed E-state index contributed by atoms with van der Waals surface area (Å²) < 4.78 is 35.3. The lowest BCUT2D eigenvalue weighted by molar-refractivity contribution is -0.138. The lowest BCUT2D eigenvalue weighted by Crippen LogP contribution is -2.49. The molecule has 2 amide bonds. The van der Waals surface area contributed by atoms with Crippen LogP contribution in [0.15, 0.2) is 0 Å². The zero-order chi connectivity index (χ0) is 12.9. The molecule has 1 aliphatic heterocycles. The van der Waals surface area contributed by atoms with E-state index in [1.54, 1.807) is 5.32 Å². The summed E-state index contributed by atoms with van der Waals surface area (Å²) >= 11 is 0. The second-order valence-corrected chi connectivity index (χ2v) is 3.81. The highest BCUT2D eigenvalue weighted by Gasteiger charge is 2.27. The minimum atomic E-state index is -4.39. The molecule has 0 saturated carbocycles. The lowest BCUT2D eigenvalue weighted by Gasteiger charge is -2.23. The van der Waals surface area contributed by atoms with Crippen LogP contribution in [-0.2, 0) is 9.59 Å². The van der Waals surface area contributed by atoms with Crippen molar-refractivity contribution in [1.82, 2.24) is 16.0 Å². The number of rotatable bonds is 4. The summed E-state index contributed by atoms with van der Waals surface area (Å²) in [6, 6.07) is -0.0654. The SMILES string of the molecule is O=C1CCC(NCC(=O)NCC(F)(F)F)CN1. The van der Waals surface area contributed by atoms with Gasteiger partial charge in [-0.1, -0.05) is 0 Å². The van der Waals surface area contributed by atoms with E-state index in [1.165, 1.54) is 0 Å². The fourth-order valence-electron chi connectivity index (χ4n) is 1.41. The molecule has 17 heavy (non-hydrogen) atoms. The van der Waals surface area contributed by atoms with Crippen LogP contribution < -0.4 is 16.0 Å². The highest BCUT2D eigenvalue weighted by atomic mass is 19.4. The highest BCUT2D eigenvalue weighted by Crippen LogP contribution is 2.11. The Hall–Kier alpha value is -1.31. The van der Waals surface area contributed by atoms with Crippen molar-refractivity contribution in [2.24, 2.45) is 0 Å². The predicted octanol–water partition coefficient (Wildman–Crippen LogP) is -0.467. The van der Waals surface area contributed by atoms with Crippen molar-refractivity contribution in [2.75, 3.05) is 19.6 Å². The van der Waals surface area contributed by atoms with Gasteiger partial charge in [0.2, 0.25) is 11.8 Å².